The lowest BCUT2D eigenvalue weighted by Crippen LogP contribution is -2.51. The van der Waals surface area contributed by atoms with Crippen molar-refractivity contribution in [2.75, 3.05) is 13.1 Å². The Morgan fingerprint density at radius 3 is 2.71 bits per heavy atom. The Kier molecular flexibility index (Phi) is 5.06. The summed E-state index contributed by atoms with van der Waals surface area (Å²) in [6, 6.07) is 0.334. The van der Waals surface area contributed by atoms with Crippen molar-refractivity contribution < 1.29 is 8.42 Å². The van der Waals surface area contributed by atoms with E-state index < -0.39 is 10.0 Å². The lowest BCUT2D eigenvalue weighted by Gasteiger charge is -2.37. The first-order valence-electron chi connectivity index (χ1n) is 7.51. The second kappa shape index (κ2) is 6.46. The summed E-state index contributed by atoms with van der Waals surface area (Å²) in [5.41, 5.74) is 0. The van der Waals surface area contributed by atoms with Crippen molar-refractivity contribution in [1.82, 2.24) is 19.2 Å². The molecule has 0 bridgehead atoms. The van der Waals surface area contributed by atoms with Crippen molar-refractivity contribution in [3.63, 3.8) is 0 Å². The summed E-state index contributed by atoms with van der Waals surface area (Å²) in [5, 5.41) is 3.17. The topological polar surface area (TPSA) is 67.2 Å². The zero-order valence-electron chi connectivity index (χ0n) is 13.3. The highest BCUT2D eigenvalue weighted by Gasteiger charge is 2.33. The van der Waals surface area contributed by atoms with E-state index in [2.05, 4.69) is 17.2 Å². The van der Waals surface area contributed by atoms with Crippen LogP contribution in [0.15, 0.2) is 12.4 Å². The average Bonchev–Trinajstić information content (AvgIpc) is 2.82. The number of hydrogen-bond acceptors (Lipinski definition) is 4. The fraction of sp³-hybridized carbons (Fsp3) is 0.786. The van der Waals surface area contributed by atoms with Crippen LogP contribution in [0.2, 0.25) is 0 Å². The standard InChI is InChI=1S/C14H26N4O2S/c1-11(2)21(19,20)18-7-5-13(12(3)10-18)16-9-14-15-6-8-17(14)4/h6,8,11-13,16H,5,7,9-10H2,1-4H3. The molecule has 1 aromatic heterocycles. The highest BCUT2D eigenvalue weighted by molar-refractivity contribution is 7.89. The van der Waals surface area contributed by atoms with E-state index in [0.717, 1.165) is 18.8 Å². The molecular formula is C14H26N4O2S. The van der Waals surface area contributed by atoms with Gasteiger partial charge in [-0.15, -0.1) is 0 Å². The number of sulfonamides is 1. The summed E-state index contributed by atoms with van der Waals surface area (Å²) in [7, 11) is -1.15. The lowest BCUT2D eigenvalue weighted by atomic mass is 9.95. The molecule has 1 fully saturated rings. The van der Waals surface area contributed by atoms with Crippen LogP contribution in [0.4, 0.5) is 0 Å². The SMILES string of the molecule is CC1CN(S(=O)(=O)C(C)C)CCC1NCc1nccn1C. The molecular weight excluding hydrogens is 288 g/mol. The molecule has 7 heteroatoms. The van der Waals surface area contributed by atoms with Crippen molar-refractivity contribution in [2.24, 2.45) is 13.0 Å². The van der Waals surface area contributed by atoms with Crippen LogP contribution in [0.3, 0.4) is 0 Å². The number of rotatable bonds is 5. The molecule has 0 spiro atoms. The van der Waals surface area contributed by atoms with E-state index in [1.165, 1.54) is 0 Å². The molecule has 0 saturated carbocycles. The molecule has 2 heterocycles. The van der Waals surface area contributed by atoms with Crippen LogP contribution in [0.1, 0.15) is 33.0 Å². The highest BCUT2D eigenvalue weighted by atomic mass is 32.2. The number of aryl methyl sites for hydroxylation is 1. The Bertz CT molecular complexity index is 567. The molecule has 0 amide bonds. The molecule has 0 aromatic carbocycles. The predicted octanol–water partition coefficient (Wildman–Crippen LogP) is 0.958. The molecule has 1 aliphatic heterocycles. The summed E-state index contributed by atoms with van der Waals surface area (Å²) in [6.45, 7) is 7.51. The Morgan fingerprint density at radius 1 is 1.48 bits per heavy atom. The van der Waals surface area contributed by atoms with Gasteiger partial charge in [-0.2, -0.15) is 0 Å². The van der Waals surface area contributed by atoms with Crippen molar-refractivity contribution in [1.29, 1.82) is 0 Å². The first kappa shape index (κ1) is 16.5. The fourth-order valence-electron chi connectivity index (χ4n) is 2.73. The third kappa shape index (κ3) is 3.64. The molecule has 0 radical (unpaired) electrons. The molecule has 1 aliphatic rings. The van der Waals surface area contributed by atoms with Crippen LogP contribution < -0.4 is 5.32 Å². The van der Waals surface area contributed by atoms with Crippen molar-refractivity contribution in [3.8, 4) is 0 Å². The molecule has 21 heavy (non-hydrogen) atoms. The molecule has 2 unspecified atom stereocenters. The van der Waals surface area contributed by atoms with Crippen LogP contribution in [-0.2, 0) is 23.6 Å². The summed E-state index contributed by atoms with van der Waals surface area (Å²) < 4.78 is 28.1. The molecule has 2 atom stereocenters. The maximum absolute atomic E-state index is 12.2. The minimum Gasteiger partial charge on any atom is -0.337 e. The predicted molar refractivity (Wildman–Crippen MR) is 83.2 cm³/mol. The van der Waals surface area contributed by atoms with E-state index in [9.17, 15) is 8.42 Å². The number of piperidine rings is 1. The maximum Gasteiger partial charge on any atom is 0.216 e. The normalized spacial score (nSPS) is 24.6. The van der Waals surface area contributed by atoms with Gasteiger partial charge in [-0.3, -0.25) is 0 Å². The zero-order chi connectivity index (χ0) is 15.6. The summed E-state index contributed by atoms with van der Waals surface area (Å²) >= 11 is 0. The quantitative estimate of drug-likeness (QED) is 0.879. The van der Waals surface area contributed by atoms with E-state index >= 15 is 0 Å². The van der Waals surface area contributed by atoms with Gasteiger partial charge in [-0.05, 0) is 26.2 Å². The summed E-state index contributed by atoms with van der Waals surface area (Å²) in [5.74, 6) is 1.30. The third-order valence-corrected chi connectivity index (χ3v) is 6.51. The molecule has 2 rings (SSSR count). The van der Waals surface area contributed by atoms with Crippen LogP contribution in [0.25, 0.3) is 0 Å². The second-order valence-electron chi connectivity index (χ2n) is 6.16. The largest absolute Gasteiger partial charge is 0.337 e. The van der Waals surface area contributed by atoms with E-state index in [-0.39, 0.29) is 5.25 Å². The number of nitrogens with one attached hydrogen (secondary N) is 1. The summed E-state index contributed by atoms with van der Waals surface area (Å²) in [6.07, 6.45) is 4.56. The molecule has 6 nitrogen and oxygen atoms in total. The van der Waals surface area contributed by atoms with Crippen molar-refractivity contribution in [2.45, 2.75) is 45.0 Å². The minimum absolute atomic E-state index is 0.299. The van der Waals surface area contributed by atoms with Crippen LogP contribution >= 0.6 is 0 Å². The first-order chi connectivity index (χ1) is 9.82. The summed E-state index contributed by atoms with van der Waals surface area (Å²) in [4.78, 5) is 4.30. The minimum atomic E-state index is -3.13. The molecule has 1 aromatic rings. The molecule has 1 saturated heterocycles. The first-order valence-corrected chi connectivity index (χ1v) is 9.01. The molecule has 0 aliphatic carbocycles. The molecule has 120 valence electrons. The van der Waals surface area contributed by atoms with Crippen LogP contribution in [-0.4, -0.2) is 46.7 Å². The van der Waals surface area contributed by atoms with Crippen molar-refractivity contribution in [3.05, 3.63) is 18.2 Å². The van der Waals surface area contributed by atoms with Gasteiger partial charge in [0.05, 0.1) is 11.8 Å². The van der Waals surface area contributed by atoms with Gasteiger partial charge in [-0.1, -0.05) is 6.92 Å². The Morgan fingerprint density at radius 2 is 2.19 bits per heavy atom. The van der Waals surface area contributed by atoms with E-state index in [0.29, 0.717) is 25.0 Å². The molecule has 1 N–H and O–H groups in total. The van der Waals surface area contributed by atoms with Crippen LogP contribution in [0, 0.1) is 5.92 Å². The monoisotopic (exact) mass is 314 g/mol. The second-order valence-corrected chi connectivity index (χ2v) is 8.65. The van der Waals surface area contributed by atoms with E-state index in [4.69, 9.17) is 0 Å². The van der Waals surface area contributed by atoms with E-state index in [1.54, 1.807) is 24.3 Å². The number of aromatic nitrogens is 2. The third-order valence-electron chi connectivity index (χ3n) is 4.27. The maximum atomic E-state index is 12.2. The Balaban J connectivity index is 1.91. The Hall–Kier alpha value is -0.920. The lowest BCUT2D eigenvalue weighted by molar-refractivity contribution is 0.217. The van der Waals surface area contributed by atoms with Gasteiger partial charge in [0.25, 0.3) is 0 Å². The van der Waals surface area contributed by atoms with Gasteiger partial charge < -0.3 is 9.88 Å². The number of imidazole rings is 1. The van der Waals surface area contributed by atoms with Gasteiger partial charge in [0.15, 0.2) is 0 Å². The van der Waals surface area contributed by atoms with Gasteiger partial charge in [-0.25, -0.2) is 17.7 Å². The average molecular weight is 314 g/mol. The van der Waals surface area contributed by atoms with Crippen molar-refractivity contribution >= 4 is 10.0 Å². The smallest absolute Gasteiger partial charge is 0.216 e. The fourth-order valence-corrected chi connectivity index (χ4v) is 4.13. The number of hydrogen-bond donors (Lipinski definition) is 1. The van der Waals surface area contributed by atoms with Gasteiger partial charge in [0, 0.05) is 38.6 Å². The van der Waals surface area contributed by atoms with Gasteiger partial charge >= 0.3 is 0 Å². The number of nitrogens with zero attached hydrogens (tertiary/aromatic N) is 3. The van der Waals surface area contributed by atoms with Gasteiger partial charge in [0.2, 0.25) is 10.0 Å². The van der Waals surface area contributed by atoms with Gasteiger partial charge in [0.1, 0.15) is 5.82 Å². The van der Waals surface area contributed by atoms with E-state index in [1.807, 2.05) is 17.8 Å². The highest BCUT2D eigenvalue weighted by Crippen LogP contribution is 2.21. The Labute approximate surface area is 127 Å². The van der Waals surface area contributed by atoms with Crippen LogP contribution in [0.5, 0.6) is 0 Å². The zero-order valence-corrected chi connectivity index (χ0v) is 14.1.